The van der Waals surface area contributed by atoms with Gasteiger partial charge in [0.05, 0.1) is 0 Å². The average molecular weight is 172 g/mol. The molecular formula is C8H12S2. The van der Waals surface area contributed by atoms with Gasteiger partial charge in [0.1, 0.15) is 0 Å². The Bertz CT molecular complexity index is 201. The lowest BCUT2D eigenvalue weighted by atomic mass is 10.2. The fraction of sp³-hybridized carbons (Fsp3) is 0.500. The molecule has 2 heteroatoms. The minimum atomic E-state index is 0.683. The Hall–Kier alpha value is 0.0500. The van der Waals surface area contributed by atoms with Crippen LogP contribution in [0.1, 0.15) is 24.6 Å². The molecule has 0 saturated carbocycles. The van der Waals surface area contributed by atoms with Crippen LogP contribution >= 0.6 is 23.1 Å². The van der Waals surface area contributed by atoms with Crippen LogP contribution in [-0.4, -0.2) is 6.26 Å². The highest BCUT2D eigenvalue weighted by atomic mass is 32.2. The molecule has 0 saturated heterocycles. The summed E-state index contributed by atoms with van der Waals surface area (Å²) in [6.07, 6.45) is 2.13. The smallest absolute Gasteiger partial charge is 0.0211 e. The molecule has 0 spiro atoms. The molecule has 0 unspecified atom stereocenters. The van der Waals surface area contributed by atoms with Crippen LogP contribution in [0.4, 0.5) is 0 Å². The molecule has 1 rings (SSSR count). The van der Waals surface area contributed by atoms with Crippen molar-refractivity contribution < 1.29 is 0 Å². The molecule has 0 aliphatic carbocycles. The second-order valence-corrected chi connectivity index (χ2v) is 4.30. The van der Waals surface area contributed by atoms with E-state index in [4.69, 9.17) is 0 Å². The lowest BCUT2D eigenvalue weighted by Gasteiger charge is -2.02. The lowest BCUT2D eigenvalue weighted by Crippen LogP contribution is -1.82. The van der Waals surface area contributed by atoms with Crippen LogP contribution < -0.4 is 0 Å². The van der Waals surface area contributed by atoms with Crippen LogP contribution in [0.5, 0.6) is 0 Å². The molecule has 1 heterocycles. The lowest BCUT2D eigenvalue weighted by molar-refractivity contribution is 0.869. The van der Waals surface area contributed by atoms with Crippen LogP contribution in [0.2, 0.25) is 0 Å². The van der Waals surface area contributed by atoms with Crippen LogP contribution in [0, 0.1) is 0 Å². The number of rotatable bonds is 2. The van der Waals surface area contributed by atoms with Gasteiger partial charge in [0.25, 0.3) is 0 Å². The summed E-state index contributed by atoms with van der Waals surface area (Å²) in [5.41, 5.74) is 0. The van der Waals surface area contributed by atoms with E-state index in [-0.39, 0.29) is 0 Å². The maximum atomic E-state index is 2.24. The van der Waals surface area contributed by atoms with E-state index >= 15 is 0 Å². The predicted octanol–water partition coefficient (Wildman–Crippen LogP) is 3.59. The van der Waals surface area contributed by atoms with Crippen molar-refractivity contribution in [1.29, 1.82) is 0 Å². The Kier molecular flexibility index (Phi) is 2.81. The van der Waals surface area contributed by atoms with Crippen molar-refractivity contribution in [2.24, 2.45) is 0 Å². The first kappa shape index (κ1) is 8.15. The molecule has 0 amide bonds. The topological polar surface area (TPSA) is 0 Å². The Morgan fingerprint density at radius 2 is 2.20 bits per heavy atom. The SMILES string of the molecule is CSc1ccsc1C(C)C. The summed E-state index contributed by atoms with van der Waals surface area (Å²) in [7, 11) is 0. The molecule has 0 radical (unpaired) electrons. The molecule has 1 aromatic rings. The monoisotopic (exact) mass is 172 g/mol. The van der Waals surface area contributed by atoms with Gasteiger partial charge in [-0.25, -0.2) is 0 Å². The molecule has 0 aromatic carbocycles. The molecule has 0 nitrogen and oxygen atoms in total. The predicted molar refractivity (Wildman–Crippen MR) is 50.2 cm³/mol. The highest BCUT2D eigenvalue weighted by molar-refractivity contribution is 7.98. The standard InChI is InChI=1S/C8H12S2/c1-6(2)8-7(9-3)4-5-10-8/h4-6H,1-3H3. The molecule has 0 N–H and O–H groups in total. The van der Waals surface area contributed by atoms with Gasteiger partial charge in [0.15, 0.2) is 0 Å². The second-order valence-electron chi connectivity index (χ2n) is 2.51. The Morgan fingerprint density at radius 1 is 1.50 bits per heavy atom. The van der Waals surface area contributed by atoms with Gasteiger partial charge in [-0.2, -0.15) is 0 Å². The van der Waals surface area contributed by atoms with Crippen LogP contribution in [0.3, 0.4) is 0 Å². The summed E-state index contributed by atoms with van der Waals surface area (Å²) in [4.78, 5) is 2.97. The van der Waals surface area contributed by atoms with E-state index in [1.54, 1.807) is 0 Å². The third-order valence-corrected chi connectivity index (χ3v) is 3.54. The first-order valence-corrected chi connectivity index (χ1v) is 5.47. The molecule has 0 aliphatic heterocycles. The highest BCUT2D eigenvalue weighted by Crippen LogP contribution is 2.31. The van der Waals surface area contributed by atoms with Gasteiger partial charge < -0.3 is 0 Å². The fourth-order valence-corrected chi connectivity index (χ4v) is 2.83. The zero-order valence-corrected chi connectivity index (χ0v) is 8.18. The first-order valence-electron chi connectivity index (χ1n) is 3.37. The van der Waals surface area contributed by atoms with Crippen LogP contribution in [0.25, 0.3) is 0 Å². The molecule has 0 fully saturated rings. The molecule has 56 valence electrons. The summed E-state index contributed by atoms with van der Waals surface area (Å²) in [5, 5.41) is 2.17. The maximum Gasteiger partial charge on any atom is 0.0211 e. The quantitative estimate of drug-likeness (QED) is 0.614. The van der Waals surface area contributed by atoms with Gasteiger partial charge in [-0.1, -0.05) is 13.8 Å². The van der Waals surface area contributed by atoms with Gasteiger partial charge >= 0.3 is 0 Å². The van der Waals surface area contributed by atoms with Crippen molar-refractivity contribution in [3.63, 3.8) is 0 Å². The Morgan fingerprint density at radius 3 is 2.60 bits per heavy atom. The van der Waals surface area contributed by atoms with E-state index < -0.39 is 0 Å². The van der Waals surface area contributed by atoms with Crippen molar-refractivity contribution in [1.82, 2.24) is 0 Å². The highest BCUT2D eigenvalue weighted by Gasteiger charge is 2.05. The van der Waals surface area contributed by atoms with Gasteiger partial charge in [0.2, 0.25) is 0 Å². The minimum Gasteiger partial charge on any atom is -0.147 e. The van der Waals surface area contributed by atoms with Crippen molar-refractivity contribution in [2.45, 2.75) is 24.7 Å². The summed E-state index contributed by atoms with van der Waals surface area (Å²) in [6, 6.07) is 2.20. The zero-order chi connectivity index (χ0) is 7.56. The normalized spacial score (nSPS) is 10.8. The minimum absolute atomic E-state index is 0.683. The average Bonchev–Trinajstić information content (AvgIpc) is 2.33. The van der Waals surface area contributed by atoms with Crippen molar-refractivity contribution in [3.05, 3.63) is 16.3 Å². The summed E-state index contributed by atoms with van der Waals surface area (Å²) < 4.78 is 0. The third kappa shape index (κ3) is 1.55. The fourth-order valence-electron chi connectivity index (χ4n) is 0.899. The van der Waals surface area contributed by atoms with Gasteiger partial charge in [-0.3, -0.25) is 0 Å². The van der Waals surface area contributed by atoms with Crippen LogP contribution in [0.15, 0.2) is 16.3 Å². The molecular weight excluding hydrogens is 160 g/mol. The second kappa shape index (κ2) is 3.44. The Balaban J connectivity index is 2.90. The molecule has 0 aliphatic rings. The summed E-state index contributed by atoms with van der Waals surface area (Å²) in [6.45, 7) is 4.48. The van der Waals surface area contributed by atoms with E-state index in [0.717, 1.165) is 0 Å². The van der Waals surface area contributed by atoms with E-state index in [1.807, 2.05) is 23.1 Å². The number of hydrogen-bond donors (Lipinski definition) is 0. The van der Waals surface area contributed by atoms with Gasteiger partial charge in [-0.05, 0) is 23.6 Å². The van der Waals surface area contributed by atoms with Crippen molar-refractivity contribution in [2.75, 3.05) is 6.26 Å². The molecule has 10 heavy (non-hydrogen) atoms. The van der Waals surface area contributed by atoms with Crippen LogP contribution in [-0.2, 0) is 0 Å². The van der Waals surface area contributed by atoms with E-state index in [0.29, 0.717) is 5.92 Å². The number of thiophene rings is 1. The van der Waals surface area contributed by atoms with E-state index in [9.17, 15) is 0 Å². The van der Waals surface area contributed by atoms with E-state index in [2.05, 4.69) is 31.5 Å². The largest absolute Gasteiger partial charge is 0.147 e. The summed E-state index contributed by atoms with van der Waals surface area (Å²) in [5.74, 6) is 0.683. The van der Waals surface area contributed by atoms with Crippen molar-refractivity contribution in [3.8, 4) is 0 Å². The van der Waals surface area contributed by atoms with E-state index in [1.165, 1.54) is 9.77 Å². The Labute approximate surface area is 70.7 Å². The maximum absolute atomic E-state index is 2.24. The number of thioether (sulfide) groups is 1. The third-order valence-electron chi connectivity index (χ3n) is 1.40. The van der Waals surface area contributed by atoms with Crippen molar-refractivity contribution >= 4 is 23.1 Å². The van der Waals surface area contributed by atoms with Gasteiger partial charge in [-0.15, -0.1) is 23.1 Å². The number of hydrogen-bond acceptors (Lipinski definition) is 2. The van der Waals surface area contributed by atoms with Gasteiger partial charge in [0, 0.05) is 9.77 Å². The molecule has 0 bridgehead atoms. The molecule has 0 atom stereocenters. The summed E-state index contributed by atoms with van der Waals surface area (Å²) >= 11 is 3.70. The zero-order valence-electron chi connectivity index (χ0n) is 6.55. The molecule has 1 aromatic heterocycles. The first-order chi connectivity index (χ1) is 4.75.